The van der Waals surface area contributed by atoms with Crippen LogP contribution in [0.25, 0.3) is 0 Å². The van der Waals surface area contributed by atoms with Crippen LogP contribution in [0.3, 0.4) is 0 Å². The lowest BCUT2D eigenvalue weighted by Crippen LogP contribution is -2.08. The molecule has 0 radical (unpaired) electrons. The van der Waals surface area contributed by atoms with Crippen molar-refractivity contribution in [3.63, 3.8) is 0 Å². The summed E-state index contributed by atoms with van der Waals surface area (Å²) in [7, 11) is 0. The predicted octanol–water partition coefficient (Wildman–Crippen LogP) is 5.22. The monoisotopic (exact) mass is 356 g/mol. The molecule has 0 bridgehead atoms. The summed E-state index contributed by atoms with van der Waals surface area (Å²) in [6, 6.07) is 8.91. The van der Waals surface area contributed by atoms with Crippen LogP contribution < -0.4 is 0 Å². The Hall–Kier alpha value is -0.710. The summed E-state index contributed by atoms with van der Waals surface area (Å²) in [4.78, 5) is 2.11. The molecule has 0 amide bonds. The van der Waals surface area contributed by atoms with Crippen molar-refractivity contribution in [2.45, 2.75) is 38.7 Å². The maximum atomic E-state index is 13.8. The third-order valence-electron chi connectivity index (χ3n) is 3.12. The number of halogens is 2. The molecule has 1 unspecified atom stereocenters. The normalized spacial score (nSPS) is 13.5. The van der Waals surface area contributed by atoms with Gasteiger partial charge in [-0.25, -0.2) is 4.39 Å². The van der Waals surface area contributed by atoms with Gasteiger partial charge >= 0.3 is 0 Å². The van der Waals surface area contributed by atoms with Gasteiger partial charge in [0.15, 0.2) is 0 Å². The summed E-state index contributed by atoms with van der Waals surface area (Å²) in [6.45, 7) is 6.43. The average Bonchev–Trinajstić information content (AvgIpc) is 2.82. The first-order valence-corrected chi connectivity index (χ1v) is 8.10. The molecule has 1 N–H and O–H groups in total. The fourth-order valence-electron chi connectivity index (χ4n) is 1.93. The van der Waals surface area contributed by atoms with E-state index >= 15 is 0 Å². The van der Waals surface area contributed by atoms with Gasteiger partial charge in [-0.3, -0.25) is 0 Å². The molecule has 1 nitrogen and oxygen atoms in total. The first-order chi connectivity index (χ1) is 9.27. The first kappa shape index (κ1) is 15.7. The van der Waals surface area contributed by atoms with Gasteiger partial charge in [-0.1, -0.05) is 42.8 Å². The summed E-state index contributed by atoms with van der Waals surface area (Å²) >= 11 is 4.83. The molecular weight excluding hydrogens is 339 g/mol. The minimum absolute atomic E-state index is 0.0749. The molecule has 1 aromatic carbocycles. The fourth-order valence-corrected chi connectivity index (χ4v) is 3.32. The van der Waals surface area contributed by atoms with Gasteiger partial charge in [-0.2, -0.15) is 0 Å². The molecule has 0 aliphatic rings. The van der Waals surface area contributed by atoms with Crippen molar-refractivity contribution in [3.05, 3.63) is 55.9 Å². The highest BCUT2D eigenvalue weighted by molar-refractivity contribution is 9.10. The number of rotatable bonds is 3. The molecule has 108 valence electrons. The van der Waals surface area contributed by atoms with Crippen LogP contribution in [0.1, 0.15) is 42.2 Å². The van der Waals surface area contributed by atoms with E-state index in [9.17, 15) is 9.50 Å². The van der Waals surface area contributed by atoms with Crippen molar-refractivity contribution in [2.75, 3.05) is 0 Å². The predicted molar refractivity (Wildman–Crippen MR) is 85.8 cm³/mol. The zero-order valence-electron chi connectivity index (χ0n) is 11.8. The molecule has 0 aliphatic carbocycles. The Balaban J connectivity index is 2.16. The van der Waals surface area contributed by atoms with E-state index in [0.29, 0.717) is 16.5 Å². The van der Waals surface area contributed by atoms with Crippen molar-refractivity contribution >= 4 is 27.3 Å². The van der Waals surface area contributed by atoms with Crippen LogP contribution in [0.5, 0.6) is 0 Å². The van der Waals surface area contributed by atoms with E-state index in [-0.39, 0.29) is 11.2 Å². The largest absolute Gasteiger partial charge is 0.387 e. The van der Waals surface area contributed by atoms with Gasteiger partial charge < -0.3 is 5.11 Å². The molecule has 1 aromatic heterocycles. The maximum absolute atomic E-state index is 13.8. The summed E-state index contributed by atoms with van der Waals surface area (Å²) < 4.78 is 14.5. The second kappa shape index (κ2) is 5.96. The molecule has 0 aliphatic heterocycles. The average molecular weight is 357 g/mol. The van der Waals surface area contributed by atoms with E-state index < -0.39 is 6.10 Å². The minimum Gasteiger partial charge on any atom is -0.387 e. The summed E-state index contributed by atoms with van der Waals surface area (Å²) in [6.07, 6.45) is -0.366. The highest BCUT2D eigenvalue weighted by Gasteiger charge is 2.19. The smallest absolute Gasteiger partial charge is 0.127 e. The second-order valence-electron chi connectivity index (χ2n) is 5.91. The number of benzene rings is 1. The van der Waals surface area contributed by atoms with Crippen LogP contribution >= 0.6 is 27.3 Å². The molecule has 2 rings (SSSR count). The topological polar surface area (TPSA) is 20.2 Å². The SMILES string of the molecule is CC(C)(C)c1ccc(C(O)Cc2ccc(Br)cc2F)s1. The van der Waals surface area contributed by atoms with Gasteiger partial charge in [0.1, 0.15) is 5.82 Å². The molecule has 0 fully saturated rings. The second-order valence-corrected chi connectivity index (χ2v) is 7.94. The molecule has 2 aromatic rings. The molecule has 1 heterocycles. The zero-order chi connectivity index (χ0) is 14.9. The lowest BCUT2D eigenvalue weighted by Gasteiger charge is -2.15. The van der Waals surface area contributed by atoms with Crippen molar-refractivity contribution in [1.29, 1.82) is 0 Å². The van der Waals surface area contributed by atoms with Gasteiger partial charge in [-0.15, -0.1) is 11.3 Å². The zero-order valence-corrected chi connectivity index (χ0v) is 14.2. The Morgan fingerprint density at radius 2 is 1.95 bits per heavy atom. The van der Waals surface area contributed by atoms with Crippen LogP contribution in [0.15, 0.2) is 34.8 Å². The number of aliphatic hydroxyl groups is 1. The van der Waals surface area contributed by atoms with E-state index in [2.05, 4.69) is 36.7 Å². The van der Waals surface area contributed by atoms with Crippen molar-refractivity contribution < 1.29 is 9.50 Å². The van der Waals surface area contributed by atoms with Crippen molar-refractivity contribution in [2.24, 2.45) is 0 Å². The Labute approximate surface area is 131 Å². The standard InChI is InChI=1S/C16H18BrFOS/c1-16(2,3)15-7-6-14(20-15)13(19)8-10-4-5-11(17)9-12(10)18/h4-7,9,13,19H,8H2,1-3H3. The van der Waals surface area contributed by atoms with Gasteiger partial charge in [-0.05, 0) is 35.2 Å². The highest BCUT2D eigenvalue weighted by Crippen LogP contribution is 2.33. The maximum Gasteiger partial charge on any atom is 0.127 e. The Morgan fingerprint density at radius 3 is 2.50 bits per heavy atom. The number of hydrogen-bond donors (Lipinski definition) is 1. The van der Waals surface area contributed by atoms with Crippen LogP contribution in [0.4, 0.5) is 4.39 Å². The van der Waals surface area contributed by atoms with Crippen LogP contribution in [-0.2, 0) is 11.8 Å². The number of thiophene rings is 1. The molecular formula is C16H18BrFOS. The first-order valence-electron chi connectivity index (χ1n) is 6.49. The molecule has 20 heavy (non-hydrogen) atoms. The quantitative estimate of drug-likeness (QED) is 0.798. The molecule has 4 heteroatoms. The Kier molecular flexibility index (Phi) is 4.67. The molecule has 0 spiro atoms. The Morgan fingerprint density at radius 1 is 1.25 bits per heavy atom. The van der Waals surface area contributed by atoms with E-state index in [4.69, 9.17) is 0 Å². The van der Waals surface area contributed by atoms with E-state index in [1.54, 1.807) is 23.5 Å². The Bertz CT molecular complexity index is 601. The van der Waals surface area contributed by atoms with Gasteiger partial charge in [0.05, 0.1) is 6.10 Å². The molecule has 0 saturated heterocycles. The van der Waals surface area contributed by atoms with E-state index in [1.807, 2.05) is 12.1 Å². The van der Waals surface area contributed by atoms with Crippen LogP contribution in [-0.4, -0.2) is 5.11 Å². The van der Waals surface area contributed by atoms with E-state index in [0.717, 1.165) is 4.88 Å². The summed E-state index contributed by atoms with van der Waals surface area (Å²) in [5.41, 5.74) is 0.609. The third-order valence-corrected chi connectivity index (χ3v) is 5.23. The molecule has 0 saturated carbocycles. The minimum atomic E-state index is -0.660. The van der Waals surface area contributed by atoms with Crippen molar-refractivity contribution in [3.8, 4) is 0 Å². The van der Waals surface area contributed by atoms with Crippen LogP contribution in [0.2, 0.25) is 0 Å². The van der Waals surface area contributed by atoms with Crippen LogP contribution in [0, 0.1) is 5.82 Å². The highest BCUT2D eigenvalue weighted by atomic mass is 79.9. The van der Waals surface area contributed by atoms with Gasteiger partial charge in [0.2, 0.25) is 0 Å². The number of aliphatic hydroxyl groups excluding tert-OH is 1. The third kappa shape index (κ3) is 3.68. The lowest BCUT2D eigenvalue weighted by molar-refractivity contribution is 0.181. The number of hydrogen-bond acceptors (Lipinski definition) is 2. The summed E-state index contributed by atoms with van der Waals surface area (Å²) in [5, 5.41) is 10.3. The van der Waals surface area contributed by atoms with E-state index in [1.165, 1.54) is 10.9 Å². The fraction of sp³-hybridized carbons (Fsp3) is 0.375. The summed E-state index contributed by atoms with van der Waals surface area (Å²) in [5.74, 6) is -0.286. The van der Waals surface area contributed by atoms with Crippen molar-refractivity contribution in [1.82, 2.24) is 0 Å². The van der Waals surface area contributed by atoms with Gasteiger partial charge in [0, 0.05) is 20.6 Å². The molecule has 1 atom stereocenters. The lowest BCUT2D eigenvalue weighted by atomic mass is 9.95. The van der Waals surface area contributed by atoms with Gasteiger partial charge in [0.25, 0.3) is 0 Å².